The Labute approximate surface area is 174 Å². The molecule has 0 aromatic heterocycles. The lowest BCUT2D eigenvalue weighted by molar-refractivity contribution is -0.154. The van der Waals surface area contributed by atoms with Gasteiger partial charge in [0.25, 0.3) is 29.5 Å². The highest BCUT2D eigenvalue weighted by molar-refractivity contribution is 7.94. The molecule has 0 unspecified atom stereocenters. The summed E-state index contributed by atoms with van der Waals surface area (Å²) in [7, 11) is -21.6. The monoisotopic (exact) mass is 572 g/mol. The topological polar surface area (TPSA) is 112 Å². The van der Waals surface area contributed by atoms with Gasteiger partial charge in [0.15, 0.2) is 12.4 Å². The van der Waals surface area contributed by atoms with Crippen molar-refractivity contribution in [2.45, 2.75) is 37.4 Å². The highest BCUT2D eigenvalue weighted by Gasteiger charge is 2.55. The van der Waals surface area contributed by atoms with Crippen LogP contribution in [-0.2, 0) is 29.5 Å². The summed E-state index contributed by atoms with van der Waals surface area (Å²) in [5.74, 6) is -2.86. The minimum atomic E-state index is -7.29. The van der Waals surface area contributed by atoms with Crippen LogP contribution in [0, 0.1) is 0 Å². The number of sulfone groups is 3. The molecule has 22 heteroatoms. The zero-order valence-electron chi connectivity index (χ0n) is 14.5. The standard InChI is InChI=1S/C11H4F12O7S3/c12-8(13,14)3-30-7-5(32(26,27)10(18,19)20)1-4(31(24,25)9(15,16)17)2-6(7)33(28,29)11(21,22)23/h1-2H,3H2. The van der Waals surface area contributed by atoms with Gasteiger partial charge >= 0.3 is 22.7 Å². The number of hydrogen-bond acceptors (Lipinski definition) is 7. The van der Waals surface area contributed by atoms with Gasteiger partial charge in [-0.2, -0.15) is 52.7 Å². The van der Waals surface area contributed by atoms with Gasteiger partial charge in [0, 0.05) is 0 Å². The Morgan fingerprint density at radius 1 is 0.576 bits per heavy atom. The molecule has 0 radical (unpaired) electrons. The fourth-order valence-electron chi connectivity index (χ4n) is 1.79. The van der Waals surface area contributed by atoms with E-state index < -0.39 is 91.4 Å². The molecular formula is C11H4F12O7S3. The van der Waals surface area contributed by atoms with Crippen LogP contribution in [0.25, 0.3) is 0 Å². The average Bonchev–Trinajstić information content (AvgIpc) is 2.55. The van der Waals surface area contributed by atoms with Crippen molar-refractivity contribution < 1.29 is 82.7 Å². The van der Waals surface area contributed by atoms with Crippen LogP contribution >= 0.6 is 0 Å². The summed E-state index contributed by atoms with van der Waals surface area (Å²) in [5, 5.41) is 0. The van der Waals surface area contributed by atoms with Crippen molar-refractivity contribution in [2.75, 3.05) is 6.61 Å². The molecular weight excluding hydrogens is 568 g/mol. The fraction of sp³-hybridized carbons (Fsp3) is 0.455. The molecule has 0 aliphatic rings. The Bertz CT molecular complexity index is 1170. The maximum absolute atomic E-state index is 12.9. The van der Waals surface area contributed by atoms with E-state index in [1.165, 1.54) is 0 Å². The molecule has 7 nitrogen and oxygen atoms in total. The van der Waals surface area contributed by atoms with E-state index in [-0.39, 0.29) is 0 Å². The highest BCUT2D eigenvalue weighted by Crippen LogP contribution is 2.45. The van der Waals surface area contributed by atoms with E-state index in [9.17, 15) is 77.9 Å². The van der Waals surface area contributed by atoms with Crippen LogP contribution in [-0.4, -0.2) is 54.6 Å². The lowest BCUT2D eigenvalue weighted by Crippen LogP contribution is -2.30. The minimum Gasteiger partial charge on any atom is -0.481 e. The van der Waals surface area contributed by atoms with Crippen molar-refractivity contribution in [3.63, 3.8) is 0 Å². The summed E-state index contributed by atoms with van der Waals surface area (Å²) >= 11 is 0. The van der Waals surface area contributed by atoms with Crippen LogP contribution in [0.5, 0.6) is 5.75 Å². The van der Waals surface area contributed by atoms with E-state index in [4.69, 9.17) is 0 Å². The van der Waals surface area contributed by atoms with Crippen molar-refractivity contribution >= 4 is 29.5 Å². The molecule has 1 aromatic carbocycles. The van der Waals surface area contributed by atoms with E-state index in [2.05, 4.69) is 4.74 Å². The molecule has 192 valence electrons. The quantitative estimate of drug-likeness (QED) is 0.497. The Morgan fingerprint density at radius 3 is 1.12 bits per heavy atom. The summed E-state index contributed by atoms with van der Waals surface area (Å²) in [5.41, 5.74) is -19.9. The summed E-state index contributed by atoms with van der Waals surface area (Å²) < 4.78 is 226. The SMILES string of the molecule is O=S(=O)(c1cc(S(=O)(=O)C(F)(F)F)c(OCC(F)(F)F)c(S(=O)(=O)C(F)(F)F)c1)C(F)(F)F. The molecule has 1 aromatic rings. The molecule has 1 rings (SSSR count). The number of alkyl halides is 12. The second kappa shape index (κ2) is 8.06. The van der Waals surface area contributed by atoms with E-state index in [0.29, 0.717) is 0 Å². The van der Waals surface area contributed by atoms with Gasteiger partial charge in [0.05, 0.1) is 4.90 Å². The largest absolute Gasteiger partial charge is 0.502 e. The number of rotatable bonds is 5. The summed E-state index contributed by atoms with van der Waals surface area (Å²) in [4.78, 5) is -8.90. The van der Waals surface area contributed by atoms with Crippen LogP contribution in [0.15, 0.2) is 26.8 Å². The maximum atomic E-state index is 12.9. The normalized spacial score (nSPS) is 14.9. The van der Waals surface area contributed by atoms with Gasteiger partial charge in [-0.05, 0) is 12.1 Å². The molecule has 0 saturated carbocycles. The lowest BCUT2D eigenvalue weighted by atomic mass is 10.3. The van der Waals surface area contributed by atoms with Gasteiger partial charge in [0.1, 0.15) is 9.79 Å². The van der Waals surface area contributed by atoms with Gasteiger partial charge in [0.2, 0.25) is 0 Å². The fourth-order valence-corrected chi connectivity index (χ4v) is 4.70. The third kappa shape index (κ3) is 5.58. The summed E-state index contributed by atoms with van der Waals surface area (Å²) in [6.45, 7) is -2.93. The molecule has 0 spiro atoms. The first-order chi connectivity index (χ1) is 14.2. The zero-order chi connectivity index (χ0) is 26.6. The lowest BCUT2D eigenvalue weighted by Gasteiger charge is -2.20. The predicted molar refractivity (Wildman–Crippen MR) is 77.7 cm³/mol. The third-order valence-corrected chi connectivity index (χ3v) is 7.63. The zero-order valence-corrected chi connectivity index (χ0v) is 16.9. The molecule has 0 bridgehead atoms. The van der Waals surface area contributed by atoms with E-state index in [0.717, 1.165) is 0 Å². The number of ether oxygens (including phenoxy) is 1. The Hall–Kier alpha value is -1.97. The van der Waals surface area contributed by atoms with Crippen molar-refractivity contribution in [1.29, 1.82) is 0 Å². The van der Waals surface area contributed by atoms with Crippen LogP contribution in [0.1, 0.15) is 0 Å². The van der Waals surface area contributed by atoms with E-state index >= 15 is 0 Å². The number of hydrogen-bond donors (Lipinski definition) is 0. The molecule has 0 saturated heterocycles. The van der Waals surface area contributed by atoms with Gasteiger partial charge in [-0.3, -0.25) is 0 Å². The molecule has 0 N–H and O–H groups in total. The predicted octanol–water partition coefficient (Wildman–Crippen LogP) is 3.51. The molecule has 0 amide bonds. The van der Waals surface area contributed by atoms with E-state index in [1.807, 2.05) is 0 Å². The Morgan fingerprint density at radius 2 is 0.879 bits per heavy atom. The molecule has 0 fully saturated rings. The number of halogens is 12. The molecule has 0 heterocycles. The van der Waals surface area contributed by atoms with Crippen molar-refractivity contribution in [3.05, 3.63) is 12.1 Å². The second-order valence-corrected chi connectivity index (χ2v) is 11.3. The molecule has 0 atom stereocenters. The van der Waals surface area contributed by atoms with Crippen molar-refractivity contribution in [3.8, 4) is 5.75 Å². The van der Waals surface area contributed by atoms with Crippen molar-refractivity contribution in [1.82, 2.24) is 0 Å². The Kier molecular flexibility index (Phi) is 7.10. The second-order valence-electron chi connectivity index (χ2n) is 5.50. The average molecular weight is 572 g/mol. The first-order valence-electron chi connectivity index (χ1n) is 6.99. The van der Waals surface area contributed by atoms with Crippen LogP contribution in [0.3, 0.4) is 0 Å². The first kappa shape index (κ1) is 29.1. The van der Waals surface area contributed by atoms with Gasteiger partial charge in [-0.1, -0.05) is 0 Å². The summed E-state index contributed by atoms with van der Waals surface area (Å²) in [6.07, 6.45) is -5.66. The van der Waals surface area contributed by atoms with Crippen LogP contribution in [0.2, 0.25) is 0 Å². The third-order valence-electron chi connectivity index (χ3n) is 3.18. The smallest absolute Gasteiger partial charge is 0.481 e. The maximum Gasteiger partial charge on any atom is 0.502 e. The number of benzene rings is 1. The van der Waals surface area contributed by atoms with E-state index in [1.54, 1.807) is 0 Å². The molecule has 33 heavy (non-hydrogen) atoms. The van der Waals surface area contributed by atoms with Gasteiger partial charge < -0.3 is 4.74 Å². The Balaban J connectivity index is 4.39. The van der Waals surface area contributed by atoms with Crippen LogP contribution in [0.4, 0.5) is 52.7 Å². The minimum absolute atomic E-state index is 1.13. The van der Waals surface area contributed by atoms with Gasteiger partial charge in [-0.15, -0.1) is 0 Å². The first-order valence-corrected chi connectivity index (χ1v) is 11.4. The summed E-state index contributed by atoms with van der Waals surface area (Å²) in [6, 6.07) is -2.26. The highest BCUT2D eigenvalue weighted by atomic mass is 32.2. The molecule has 0 aliphatic heterocycles. The van der Waals surface area contributed by atoms with Crippen LogP contribution < -0.4 is 4.74 Å². The molecule has 0 aliphatic carbocycles. The van der Waals surface area contributed by atoms with Crippen molar-refractivity contribution in [2.24, 2.45) is 0 Å². The van der Waals surface area contributed by atoms with Gasteiger partial charge in [-0.25, -0.2) is 25.3 Å².